The lowest BCUT2D eigenvalue weighted by molar-refractivity contribution is -0.137. The first-order chi connectivity index (χ1) is 6.91. The topological polar surface area (TPSA) is 117 Å². The lowest BCUT2D eigenvalue weighted by Gasteiger charge is -2.16. The molecule has 0 saturated carbocycles. The predicted octanol–water partition coefficient (Wildman–Crippen LogP) is -1.40. The minimum Gasteiger partial charge on any atom is -0.420 e. The first-order valence-corrected chi connectivity index (χ1v) is 4.00. The average Bonchev–Trinajstić information content (AvgIpc) is 2.64. The number of carbonyl (C=O) groups is 2. The largest absolute Gasteiger partial charge is 0.420 e. The Morgan fingerprint density at radius 1 is 1.47 bits per heavy atom. The summed E-state index contributed by atoms with van der Waals surface area (Å²) in [6.07, 6.45) is 0.979. The maximum absolute atomic E-state index is 11.1. The first kappa shape index (κ1) is 11.1. The summed E-state index contributed by atoms with van der Waals surface area (Å²) in [6.45, 7) is 2.56. The van der Waals surface area contributed by atoms with Crippen molar-refractivity contribution in [3.05, 3.63) is 12.3 Å². The average molecular weight is 214 g/mol. The van der Waals surface area contributed by atoms with Gasteiger partial charge in [-0.1, -0.05) is 0 Å². The number of nitrogens with one attached hydrogen (secondary N) is 2. The van der Waals surface area contributed by atoms with Gasteiger partial charge in [-0.25, -0.2) is 0 Å². The van der Waals surface area contributed by atoms with Gasteiger partial charge in [0.2, 0.25) is 6.39 Å². The summed E-state index contributed by atoms with van der Waals surface area (Å²) >= 11 is 0. The molecule has 82 valence electrons. The first-order valence-electron chi connectivity index (χ1n) is 4.00. The van der Waals surface area contributed by atoms with E-state index < -0.39 is 17.4 Å². The molecule has 0 aromatic carbocycles. The lowest BCUT2D eigenvalue weighted by Crippen LogP contribution is -2.50. The Kier molecular flexibility index (Phi) is 3.00. The summed E-state index contributed by atoms with van der Waals surface area (Å²) in [5.74, 6) is -1.80. The number of rotatable bonds is 2. The molecule has 8 nitrogen and oxygen atoms in total. The van der Waals surface area contributed by atoms with E-state index in [0.29, 0.717) is 0 Å². The van der Waals surface area contributed by atoms with E-state index in [2.05, 4.69) is 14.6 Å². The molecule has 1 rings (SSSR count). The van der Waals surface area contributed by atoms with Crippen LogP contribution in [-0.4, -0.2) is 32.7 Å². The van der Waals surface area contributed by atoms with Crippen molar-refractivity contribution >= 4 is 11.8 Å². The zero-order chi connectivity index (χ0) is 11.5. The maximum atomic E-state index is 11.1. The van der Waals surface area contributed by atoms with Crippen LogP contribution in [0.1, 0.15) is 24.5 Å². The molecule has 0 saturated heterocycles. The van der Waals surface area contributed by atoms with Gasteiger partial charge in [0.1, 0.15) is 5.60 Å². The number of hydrogen-bond acceptors (Lipinski definition) is 6. The van der Waals surface area contributed by atoms with E-state index in [4.69, 9.17) is 0 Å². The quantitative estimate of drug-likeness (QED) is 0.521. The van der Waals surface area contributed by atoms with Crippen molar-refractivity contribution in [3.63, 3.8) is 0 Å². The number of hydrogen-bond donors (Lipinski definition) is 3. The van der Waals surface area contributed by atoms with Crippen molar-refractivity contribution in [2.24, 2.45) is 0 Å². The van der Waals surface area contributed by atoms with Crippen molar-refractivity contribution in [1.29, 1.82) is 0 Å². The normalized spacial score (nSPS) is 10.9. The van der Waals surface area contributed by atoms with Crippen LogP contribution in [0.15, 0.2) is 10.8 Å². The van der Waals surface area contributed by atoms with Gasteiger partial charge < -0.3 is 9.52 Å². The number of aromatic nitrogens is 2. The Bertz CT molecular complexity index is 354. The molecule has 3 N–H and O–H groups in total. The van der Waals surface area contributed by atoms with Crippen LogP contribution in [0.4, 0.5) is 0 Å². The van der Waals surface area contributed by atoms with E-state index in [0.717, 1.165) is 6.39 Å². The molecule has 0 atom stereocenters. The molecule has 2 amide bonds. The summed E-state index contributed by atoms with van der Waals surface area (Å²) in [5.41, 5.74) is 2.41. The van der Waals surface area contributed by atoms with Gasteiger partial charge in [0.05, 0.1) is 0 Å². The summed E-state index contributed by atoms with van der Waals surface area (Å²) in [7, 11) is 0. The third-order valence-electron chi connectivity index (χ3n) is 1.40. The van der Waals surface area contributed by atoms with E-state index in [1.807, 2.05) is 10.9 Å². The molecule has 0 unspecified atom stereocenters. The molecular formula is C7H10N4O4. The van der Waals surface area contributed by atoms with E-state index >= 15 is 0 Å². The Morgan fingerprint density at radius 3 is 2.60 bits per heavy atom. The van der Waals surface area contributed by atoms with Gasteiger partial charge >= 0.3 is 11.8 Å². The highest BCUT2D eigenvalue weighted by atomic mass is 16.4. The Morgan fingerprint density at radius 2 is 2.13 bits per heavy atom. The van der Waals surface area contributed by atoms with E-state index in [-0.39, 0.29) is 5.89 Å². The summed E-state index contributed by atoms with van der Waals surface area (Å²) in [4.78, 5) is 22.2. The number of aliphatic hydroxyl groups is 1. The van der Waals surface area contributed by atoms with Crippen LogP contribution in [0.25, 0.3) is 0 Å². The highest BCUT2D eigenvalue weighted by molar-refractivity contribution is 5.92. The fourth-order valence-electron chi connectivity index (χ4n) is 0.592. The Labute approximate surface area is 84.6 Å². The second-order valence-corrected chi connectivity index (χ2v) is 3.21. The minimum atomic E-state index is -1.58. The van der Waals surface area contributed by atoms with Gasteiger partial charge in [-0.3, -0.25) is 20.4 Å². The van der Waals surface area contributed by atoms with Crippen molar-refractivity contribution < 1.29 is 19.1 Å². The predicted molar refractivity (Wildman–Crippen MR) is 46.2 cm³/mol. The van der Waals surface area contributed by atoms with Crippen molar-refractivity contribution in [3.8, 4) is 0 Å². The molecule has 1 aromatic heterocycles. The van der Waals surface area contributed by atoms with E-state index in [1.165, 1.54) is 13.8 Å². The summed E-state index contributed by atoms with van der Waals surface area (Å²) < 4.78 is 4.57. The second kappa shape index (κ2) is 4.05. The van der Waals surface area contributed by atoms with Crippen LogP contribution >= 0.6 is 0 Å². The van der Waals surface area contributed by atoms with Gasteiger partial charge in [0.15, 0.2) is 0 Å². The molecule has 0 spiro atoms. The fourth-order valence-corrected chi connectivity index (χ4v) is 0.592. The van der Waals surface area contributed by atoms with Crippen molar-refractivity contribution in [2.75, 3.05) is 0 Å². The van der Waals surface area contributed by atoms with Crippen LogP contribution < -0.4 is 10.9 Å². The third-order valence-corrected chi connectivity index (χ3v) is 1.40. The fraction of sp³-hybridized carbons (Fsp3) is 0.429. The third kappa shape index (κ3) is 3.02. The van der Waals surface area contributed by atoms with Crippen molar-refractivity contribution in [2.45, 2.75) is 19.4 Å². The number of nitrogens with zero attached hydrogens (tertiary/aromatic N) is 2. The Balaban J connectivity index is 2.45. The van der Waals surface area contributed by atoms with Gasteiger partial charge in [0, 0.05) is 0 Å². The number of hydrazine groups is 1. The smallest absolute Gasteiger partial charge is 0.327 e. The van der Waals surface area contributed by atoms with Crippen LogP contribution in [0.2, 0.25) is 0 Å². The zero-order valence-electron chi connectivity index (χ0n) is 8.14. The van der Waals surface area contributed by atoms with E-state index in [9.17, 15) is 14.7 Å². The minimum absolute atomic E-state index is 0.286. The van der Waals surface area contributed by atoms with Crippen LogP contribution in [0, 0.1) is 0 Å². The molecule has 0 radical (unpaired) electrons. The molecule has 1 heterocycles. The molecule has 0 aliphatic heterocycles. The Hall–Kier alpha value is -1.96. The molecule has 0 bridgehead atoms. The lowest BCUT2D eigenvalue weighted by atomic mass is 10.1. The van der Waals surface area contributed by atoms with E-state index in [1.54, 1.807) is 0 Å². The molecule has 15 heavy (non-hydrogen) atoms. The molecule has 1 aromatic rings. The summed E-state index contributed by atoms with van der Waals surface area (Å²) in [6, 6.07) is 0. The van der Waals surface area contributed by atoms with Gasteiger partial charge in [-0.15, -0.1) is 10.2 Å². The van der Waals surface area contributed by atoms with Crippen LogP contribution in [-0.2, 0) is 4.79 Å². The van der Waals surface area contributed by atoms with Gasteiger partial charge in [-0.2, -0.15) is 0 Å². The standard InChI is InChI=1S/C7H10N4O4/c1-7(2,14)6(13)11-9-4(12)5-10-8-3-15-5/h3,14H,1-2H3,(H,9,12)(H,11,13). The zero-order valence-corrected chi connectivity index (χ0v) is 8.14. The van der Waals surface area contributed by atoms with Crippen molar-refractivity contribution in [1.82, 2.24) is 21.0 Å². The van der Waals surface area contributed by atoms with Crippen LogP contribution in [0.3, 0.4) is 0 Å². The molecule has 0 fully saturated rings. The highest BCUT2D eigenvalue weighted by Gasteiger charge is 2.24. The van der Waals surface area contributed by atoms with Crippen LogP contribution in [0.5, 0.6) is 0 Å². The highest BCUT2D eigenvalue weighted by Crippen LogP contribution is 1.98. The SMILES string of the molecule is CC(C)(O)C(=O)NNC(=O)c1nnco1. The number of carbonyl (C=O) groups excluding carboxylic acids is 2. The number of amides is 2. The molecule has 0 aliphatic rings. The second-order valence-electron chi connectivity index (χ2n) is 3.21. The molecule has 8 heteroatoms. The maximum Gasteiger partial charge on any atom is 0.327 e. The van der Waals surface area contributed by atoms with Gasteiger partial charge in [-0.05, 0) is 13.8 Å². The molecule has 0 aliphatic carbocycles. The summed E-state index contributed by atoms with van der Waals surface area (Å²) in [5, 5.41) is 15.8. The van der Waals surface area contributed by atoms with Gasteiger partial charge in [0.25, 0.3) is 5.91 Å². The monoisotopic (exact) mass is 214 g/mol. The molecular weight excluding hydrogens is 204 g/mol.